The Morgan fingerprint density at radius 2 is 1.90 bits per heavy atom. The van der Waals surface area contributed by atoms with Crippen LogP contribution in [-0.2, 0) is 4.79 Å². The van der Waals surface area contributed by atoms with Crippen LogP contribution in [0.3, 0.4) is 0 Å². The molecule has 0 bridgehead atoms. The monoisotopic (exact) mass is 459 g/mol. The summed E-state index contributed by atoms with van der Waals surface area (Å²) in [5.41, 5.74) is 3.29. The summed E-state index contributed by atoms with van der Waals surface area (Å²) in [5, 5.41) is 15.8. The minimum Gasteiger partial charge on any atom is -0.489 e. The second kappa shape index (κ2) is 9.91. The first-order valence-corrected chi connectivity index (χ1v) is 10.6. The molecule has 1 aromatic carbocycles. The summed E-state index contributed by atoms with van der Waals surface area (Å²) >= 11 is 6.37. The van der Waals surface area contributed by atoms with Gasteiger partial charge in [-0.2, -0.15) is 18.3 Å². The molecule has 2 heterocycles. The molecule has 2 aromatic rings. The Morgan fingerprint density at radius 3 is 2.45 bits per heavy atom. The number of aromatic nitrogens is 2. The highest BCUT2D eigenvalue weighted by molar-refractivity contribution is 6.31. The predicted molar refractivity (Wildman–Crippen MR) is 111 cm³/mol. The van der Waals surface area contributed by atoms with Crippen LogP contribution in [0.25, 0.3) is 11.3 Å². The summed E-state index contributed by atoms with van der Waals surface area (Å²) in [6.45, 7) is 4.12. The van der Waals surface area contributed by atoms with Gasteiger partial charge >= 0.3 is 12.1 Å². The van der Waals surface area contributed by atoms with Crippen molar-refractivity contribution in [1.29, 1.82) is 0 Å². The predicted octanol–water partition coefficient (Wildman–Crippen LogP) is 5.00. The molecule has 1 aromatic heterocycles. The highest BCUT2D eigenvalue weighted by atomic mass is 35.5. The molecular weight excluding hydrogens is 435 g/mol. The van der Waals surface area contributed by atoms with Crippen molar-refractivity contribution in [2.24, 2.45) is 0 Å². The van der Waals surface area contributed by atoms with Crippen molar-refractivity contribution in [1.82, 2.24) is 15.1 Å². The van der Waals surface area contributed by atoms with E-state index < -0.39 is 12.1 Å². The second-order valence-corrected chi connectivity index (χ2v) is 8.15. The number of ether oxygens (including phenoxy) is 1. The molecule has 0 amide bonds. The molecular formula is C21H25ClF3N3O3. The maximum absolute atomic E-state index is 10.6. The quantitative estimate of drug-likeness (QED) is 0.672. The smallest absolute Gasteiger partial charge is 0.489 e. The van der Waals surface area contributed by atoms with E-state index in [-0.39, 0.29) is 6.10 Å². The van der Waals surface area contributed by atoms with E-state index in [9.17, 15) is 13.2 Å². The van der Waals surface area contributed by atoms with Crippen LogP contribution < -0.4 is 10.1 Å². The van der Waals surface area contributed by atoms with Crippen LogP contribution >= 0.6 is 11.6 Å². The van der Waals surface area contributed by atoms with Crippen LogP contribution in [0, 0.1) is 6.92 Å². The number of nitrogens with one attached hydrogen (secondary N) is 1. The Morgan fingerprint density at radius 1 is 1.26 bits per heavy atom. The Balaban J connectivity index is 0.000000339. The number of halogens is 4. The number of hydrogen-bond acceptors (Lipinski definition) is 4. The molecule has 1 saturated heterocycles. The fraction of sp³-hybridized carbons (Fsp3) is 0.524. The van der Waals surface area contributed by atoms with E-state index in [4.69, 9.17) is 26.2 Å². The maximum Gasteiger partial charge on any atom is 0.490 e. The van der Waals surface area contributed by atoms with Gasteiger partial charge in [-0.3, -0.25) is 4.68 Å². The van der Waals surface area contributed by atoms with Crippen LogP contribution in [0.5, 0.6) is 5.75 Å². The summed E-state index contributed by atoms with van der Waals surface area (Å²) in [6, 6.07) is 6.61. The lowest BCUT2D eigenvalue weighted by Gasteiger charge is -2.29. The lowest BCUT2D eigenvalue weighted by atomic mass is 9.92. The SMILES string of the molecule is Cc1cc(Cl)cc(-c2ccnn2C2CCC2)c1OC1CCNCC1.O=C(O)C(F)(F)F. The molecule has 10 heteroatoms. The Kier molecular flexibility index (Phi) is 7.48. The standard InChI is InChI=1S/C19H24ClN3O.C2HF3O2/c1-13-11-14(20)12-17(19(13)24-16-5-8-21-9-6-16)18-7-10-22-23(18)15-3-2-4-15;3-2(4,5)1(6)7/h7,10-12,15-16,21H,2-6,8-9H2,1H3;(H,6,7). The van der Waals surface area contributed by atoms with E-state index in [0.29, 0.717) is 6.04 Å². The number of aryl methyl sites for hydroxylation is 1. The lowest BCUT2D eigenvalue weighted by Crippen LogP contribution is -2.34. The average molecular weight is 460 g/mol. The van der Waals surface area contributed by atoms with E-state index in [1.165, 1.54) is 19.3 Å². The Bertz CT molecular complexity index is 907. The van der Waals surface area contributed by atoms with Crippen LogP contribution in [0.2, 0.25) is 5.02 Å². The fourth-order valence-electron chi connectivity index (χ4n) is 3.61. The number of alkyl halides is 3. The number of benzene rings is 1. The summed E-state index contributed by atoms with van der Waals surface area (Å²) in [4.78, 5) is 8.90. The molecule has 2 N–H and O–H groups in total. The first-order chi connectivity index (χ1) is 14.7. The van der Waals surface area contributed by atoms with E-state index in [0.717, 1.165) is 53.5 Å². The zero-order valence-corrected chi connectivity index (χ0v) is 17.8. The molecule has 0 spiro atoms. The fourth-order valence-corrected chi connectivity index (χ4v) is 3.88. The van der Waals surface area contributed by atoms with Crippen LogP contribution in [0.4, 0.5) is 13.2 Å². The van der Waals surface area contributed by atoms with Gasteiger partial charge in [0.1, 0.15) is 11.9 Å². The van der Waals surface area contributed by atoms with Crippen molar-refractivity contribution in [2.45, 2.75) is 57.3 Å². The van der Waals surface area contributed by atoms with Gasteiger partial charge in [-0.25, -0.2) is 4.79 Å². The first kappa shape index (κ1) is 23.4. The molecule has 0 unspecified atom stereocenters. The minimum atomic E-state index is -5.08. The summed E-state index contributed by atoms with van der Waals surface area (Å²) < 4.78 is 40.3. The van der Waals surface area contributed by atoms with Gasteiger partial charge in [-0.15, -0.1) is 0 Å². The van der Waals surface area contributed by atoms with E-state index in [2.05, 4.69) is 28.1 Å². The Hall–Kier alpha value is -2.26. The topological polar surface area (TPSA) is 76.4 Å². The molecule has 170 valence electrons. The van der Waals surface area contributed by atoms with Gasteiger partial charge in [-0.05, 0) is 75.9 Å². The number of carboxylic acids is 1. The number of rotatable bonds is 4. The molecule has 1 saturated carbocycles. The summed E-state index contributed by atoms with van der Waals surface area (Å²) in [6.07, 6.45) is 2.87. The number of carbonyl (C=O) groups is 1. The maximum atomic E-state index is 10.6. The van der Waals surface area contributed by atoms with Crippen molar-refractivity contribution < 1.29 is 27.8 Å². The van der Waals surface area contributed by atoms with Gasteiger partial charge in [0.05, 0.1) is 11.7 Å². The second-order valence-electron chi connectivity index (χ2n) is 7.72. The van der Waals surface area contributed by atoms with Crippen molar-refractivity contribution in [3.8, 4) is 17.0 Å². The lowest BCUT2D eigenvalue weighted by molar-refractivity contribution is -0.192. The van der Waals surface area contributed by atoms with Crippen molar-refractivity contribution in [3.63, 3.8) is 0 Å². The van der Waals surface area contributed by atoms with Crippen molar-refractivity contribution >= 4 is 17.6 Å². The molecule has 31 heavy (non-hydrogen) atoms. The van der Waals surface area contributed by atoms with Gasteiger partial charge in [-0.1, -0.05) is 11.6 Å². The van der Waals surface area contributed by atoms with E-state index in [1.807, 2.05) is 18.3 Å². The molecule has 2 aliphatic rings. The first-order valence-electron chi connectivity index (χ1n) is 10.2. The van der Waals surface area contributed by atoms with Gasteiger partial charge in [0, 0.05) is 16.8 Å². The van der Waals surface area contributed by atoms with E-state index >= 15 is 0 Å². The largest absolute Gasteiger partial charge is 0.490 e. The molecule has 0 radical (unpaired) electrons. The number of nitrogens with zero attached hydrogens (tertiary/aromatic N) is 2. The average Bonchev–Trinajstić information content (AvgIpc) is 3.12. The van der Waals surface area contributed by atoms with Crippen LogP contribution in [0.1, 0.15) is 43.7 Å². The normalized spacial score (nSPS) is 17.5. The van der Waals surface area contributed by atoms with Crippen molar-refractivity contribution in [2.75, 3.05) is 13.1 Å². The molecule has 0 atom stereocenters. The zero-order valence-electron chi connectivity index (χ0n) is 17.1. The summed E-state index contributed by atoms with van der Waals surface area (Å²) in [7, 11) is 0. The van der Waals surface area contributed by atoms with Gasteiger partial charge < -0.3 is 15.2 Å². The third-order valence-electron chi connectivity index (χ3n) is 5.42. The van der Waals surface area contributed by atoms with Crippen LogP contribution in [-0.4, -0.2) is 46.2 Å². The molecule has 6 nitrogen and oxygen atoms in total. The third-order valence-corrected chi connectivity index (χ3v) is 5.64. The number of piperidine rings is 1. The third kappa shape index (κ3) is 5.92. The van der Waals surface area contributed by atoms with Gasteiger partial charge in [0.25, 0.3) is 0 Å². The van der Waals surface area contributed by atoms with Crippen LogP contribution in [0.15, 0.2) is 24.4 Å². The Labute approximate surface area is 183 Å². The highest BCUT2D eigenvalue weighted by Crippen LogP contribution is 2.40. The van der Waals surface area contributed by atoms with Gasteiger partial charge in [0.2, 0.25) is 0 Å². The minimum absolute atomic E-state index is 0.268. The molecule has 1 aliphatic carbocycles. The van der Waals surface area contributed by atoms with Crippen molar-refractivity contribution in [3.05, 3.63) is 35.0 Å². The number of hydrogen-bond donors (Lipinski definition) is 2. The highest BCUT2D eigenvalue weighted by Gasteiger charge is 2.38. The number of carboxylic acid groups (broad SMARTS) is 1. The van der Waals surface area contributed by atoms with Gasteiger partial charge in [0.15, 0.2) is 0 Å². The molecule has 2 fully saturated rings. The number of aliphatic carboxylic acids is 1. The zero-order chi connectivity index (χ0) is 22.6. The van der Waals surface area contributed by atoms with E-state index in [1.54, 1.807) is 0 Å². The molecule has 1 aliphatic heterocycles. The summed E-state index contributed by atoms with van der Waals surface area (Å²) in [5.74, 6) is -1.79. The molecule has 4 rings (SSSR count).